The van der Waals surface area contributed by atoms with Crippen molar-refractivity contribution in [1.82, 2.24) is 4.57 Å². The van der Waals surface area contributed by atoms with Crippen LogP contribution in [0.2, 0.25) is 0 Å². The molecule has 0 aliphatic rings. The number of azo groups is 1. The third-order valence-electron chi connectivity index (χ3n) is 2.86. The van der Waals surface area contributed by atoms with E-state index in [2.05, 4.69) is 19.7 Å². The molecule has 0 saturated heterocycles. The van der Waals surface area contributed by atoms with Gasteiger partial charge in [-0.1, -0.05) is 5.11 Å². The Hall–Kier alpha value is -2.70. The summed E-state index contributed by atoms with van der Waals surface area (Å²) >= 11 is 0. The van der Waals surface area contributed by atoms with E-state index >= 15 is 0 Å². The molecule has 142 valence electrons. The molecule has 0 bridgehead atoms. The molecule has 2 aromatic rings. The van der Waals surface area contributed by atoms with E-state index in [4.69, 9.17) is 0 Å². The number of aryl methyl sites for hydroxylation is 2. The van der Waals surface area contributed by atoms with Gasteiger partial charge in [-0.05, 0) is 18.2 Å². The van der Waals surface area contributed by atoms with Crippen LogP contribution in [0.4, 0.5) is 21.7 Å². The molecule has 0 aliphatic heterocycles. The van der Waals surface area contributed by atoms with Crippen LogP contribution in [0.15, 0.2) is 40.8 Å². The summed E-state index contributed by atoms with van der Waals surface area (Å²) in [6, 6.07) is 4.14. The number of nitrogens with one attached hydrogen (secondary N) is 1. The van der Waals surface area contributed by atoms with Crippen LogP contribution < -0.4 is 9.88 Å². The third kappa shape index (κ3) is 7.04. The van der Waals surface area contributed by atoms with Gasteiger partial charge in [-0.15, -0.1) is 0 Å². The van der Waals surface area contributed by atoms with Gasteiger partial charge >= 0.3 is 5.95 Å². The van der Waals surface area contributed by atoms with Crippen LogP contribution in [-0.2, 0) is 33.5 Å². The Kier molecular flexibility index (Phi) is 7.49. The van der Waals surface area contributed by atoms with Gasteiger partial charge in [0.2, 0.25) is 16.3 Å². The number of carbonyl (C=O) groups is 1. The first-order chi connectivity index (χ1) is 12.0. The number of halogens is 1. The normalized spacial score (nSPS) is 11.2. The Bertz CT molecular complexity index is 891. The van der Waals surface area contributed by atoms with Crippen LogP contribution in [0.3, 0.4) is 0 Å². The van der Waals surface area contributed by atoms with Crippen molar-refractivity contribution in [3.05, 3.63) is 36.4 Å². The fraction of sp³-hybridized carbons (Fsp3) is 0.286. The summed E-state index contributed by atoms with van der Waals surface area (Å²) < 4.78 is 48.2. The van der Waals surface area contributed by atoms with Crippen molar-refractivity contribution >= 4 is 33.6 Å². The quantitative estimate of drug-likeness (QED) is 0.367. The smallest absolute Gasteiger partial charge is 0.421 e. The van der Waals surface area contributed by atoms with Crippen LogP contribution in [-0.4, -0.2) is 30.6 Å². The maximum absolute atomic E-state index is 13.7. The van der Waals surface area contributed by atoms with E-state index in [1.807, 2.05) is 26.5 Å². The highest BCUT2D eigenvalue weighted by molar-refractivity contribution is 7.80. The number of anilines is 1. The molecule has 1 aromatic carbocycles. The lowest BCUT2D eigenvalue weighted by atomic mass is 10.2. The number of aromatic nitrogens is 2. The van der Waals surface area contributed by atoms with Gasteiger partial charge in [-0.3, -0.25) is 8.98 Å². The summed E-state index contributed by atoms with van der Waals surface area (Å²) in [6.07, 6.45) is 3.64. The minimum atomic E-state index is -4.41. The van der Waals surface area contributed by atoms with E-state index in [-0.39, 0.29) is 11.6 Å². The van der Waals surface area contributed by atoms with Gasteiger partial charge < -0.3 is 9.87 Å². The lowest BCUT2D eigenvalue weighted by molar-refractivity contribution is -0.657. The zero-order valence-electron chi connectivity index (χ0n) is 14.5. The fourth-order valence-electron chi connectivity index (χ4n) is 1.69. The number of amides is 1. The van der Waals surface area contributed by atoms with Crippen molar-refractivity contribution in [2.24, 2.45) is 24.3 Å². The molecular formula is C14H18FN5O5S. The molecule has 0 atom stereocenters. The van der Waals surface area contributed by atoms with E-state index in [1.54, 1.807) is 9.13 Å². The van der Waals surface area contributed by atoms with Crippen molar-refractivity contribution in [2.75, 3.05) is 12.4 Å². The Labute approximate surface area is 149 Å². The second-order valence-electron chi connectivity index (χ2n) is 4.94. The molecule has 1 N–H and O–H groups in total. The van der Waals surface area contributed by atoms with Gasteiger partial charge in [0.15, 0.2) is 5.82 Å². The Morgan fingerprint density at radius 3 is 2.46 bits per heavy atom. The highest BCUT2D eigenvalue weighted by Crippen LogP contribution is 2.24. The average molecular weight is 387 g/mol. The molecule has 1 heterocycles. The summed E-state index contributed by atoms with van der Waals surface area (Å²) in [7, 11) is 0.0316. The number of rotatable bonds is 4. The largest absolute Gasteiger partial charge is 0.726 e. The minimum Gasteiger partial charge on any atom is -0.726 e. The predicted octanol–water partition coefficient (Wildman–Crippen LogP) is 1.46. The van der Waals surface area contributed by atoms with Crippen molar-refractivity contribution in [3.63, 3.8) is 0 Å². The van der Waals surface area contributed by atoms with Crippen LogP contribution in [0, 0.1) is 5.82 Å². The topological polar surface area (TPSA) is 129 Å². The molecule has 1 amide bonds. The lowest BCUT2D eigenvalue weighted by Crippen LogP contribution is -2.25. The van der Waals surface area contributed by atoms with Gasteiger partial charge in [0.25, 0.3) is 0 Å². The maximum atomic E-state index is 13.7. The molecular weight excluding hydrogens is 369 g/mol. The van der Waals surface area contributed by atoms with Gasteiger partial charge in [0.05, 0.1) is 33.6 Å². The van der Waals surface area contributed by atoms with Crippen molar-refractivity contribution in [3.8, 4) is 0 Å². The van der Waals surface area contributed by atoms with Crippen molar-refractivity contribution < 1.29 is 30.9 Å². The SMILES string of the molecule is CC(=O)Nc1ccc(F)c(N=Nc2n(C)cc[n+]2C)c1.COS(=O)(=O)[O-]. The molecule has 10 nitrogen and oxygen atoms in total. The summed E-state index contributed by atoms with van der Waals surface area (Å²) in [5, 5.41) is 10.5. The zero-order chi connectivity index (χ0) is 19.9. The Morgan fingerprint density at radius 2 is 2.00 bits per heavy atom. The highest BCUT2D eigenvalue weighted by atomic mass is 32.3. The lowest BCUT2D eigenvalue weighted by Gasteiger charge is -2.02. The Balaban J connectivity index is 0.000000487. The Morgan fingerprint density at radius 1 is 1.38 bits per heavy atom. The molecule has 2 rings (SSSR count). The standard InChI is InChI=1S/C13H14FN5O.CH4O4S/c1-9(20)15-10-4-5-11(14)12(8-10)16-17-13-18(2)6-7-19(13)3;1-5-6(2,3)4/h4-8H,1-3H3;1H3,(H,2,3,4). The second kappa shape index (κ2) is 9.12. The summed E-state index contributed by atoms with van der Waals surface area (Å²) in [6.45, 7) is 1.38. The van der Waals surface area contributed by atoms with E-state index in [0.29, 0.717) is 11.6 Å². The predicted molar refractivity (Wildman–Crippen MR) is 88.2 cm³/mol. The fourth-order valence-corrected chi connectivity index (χ4v) is 1.69. The van der Waals surface area contributed by atoms with Crippen LogP contribution in [0.1, 0.15) is 6.92 Å². The number of hydrogen-bond acceptors (Lipinski definition) is 7. The average Bonchev–Trinajstić information content (AvgIpc) is 2.86. The van der Waals surface area contributed by atoms with E-state index < -0.39 is 16.2 Å². The summed E-state index contributed by atoms with van der Waals surface area (Å²) in [5.74, 6) is -0.151. The molecule has 0 aliphatic carbocycles. The maximum Gasteiger partial charge on any atom is 0.421 e. The van der Waals surface area contributed by atoms with Crippen LogP contribution in [0.25, 0.3) is 0 Å². The third-order valence-corrected chi connectivity index (χ3v) is 3.27. The van der Waals surface area contributed by atoms with Gasteiger partial charge in [-0.25, -0.2) is 21.9 Å². The summed E-state index contributed by atoms with van der Waals surface area (Å²) in [4.78, 5) is 11.0. The van der Waals surface area contributed by atoms with E-state index in [0.717, 1.165) is 7.11 Å². The number of nitrogens with zero attached hydrogens (tertiary/aromatic N) is 4. The van der Waals surface area contributed by atoms with Gasteiger partial charge in [0.1, 0.15) is 5.69 Å². The molecule has 0 unspecified atom stereocenters. The molecule has 0 spiro atoms. The first kappa shape index (κ1) is 21.3. The molecule has 0 radical (unpaired) electrons. The first-order valence-electron chi connectivity index (χ1n) is 7.04. The summed E-state index contributed by atoms with van der Waals surface area (Å²) in [5.41, 5.74) is 0.543. The van der Waals surface area contributed by atoms with E-state index in [1.165, 1.54) is 25.1 Å². The number of imidazole rings is 1. The molecule has 0 saturated carbocycles. The van der Waals surface area contributed by atoms with Gasteiger partial charge in [0, 0.05) is 17.7 Å². The molecule has 0 fully saturated rings. The molecule has 1 aromatic heterocycles. The second-order valence-corrected chi connectivity index (χ2v) is 6.09. The van der Waals surface area contributed by atoms with Crippen molar-refractivity contribution in [2.45, 2.75) is 6.92 Å². The van der Waals surface area contributed by atoms with Gasteiger partial charge in [-0.2, -0.15) is 0 Å². The molecule has 26 heavy (non-hydrogen) atoms. The molecule has 12 heteroatoms. The zero-order valence-corrected chi connectivity index (χ0v) is 15.3. The minimum absolute atomic E-state index is 0.0671. The highest BCUT2D eigenvalue weighted by Gasteiger charge is 2.12. The number of carbonyl (C=O) groups excluding carboxylic acids is 1. The monoisotopic (exact) mass is 387 g/mol. The van der Waals surface area contributed by atoms with E-state index in [9.17, 15) is 22.2 Å². The van der Waals surface area contributed by atoms with Crippen molar-refractivity contribution in [1.29, 1.82) is 0 Å². The number of hydrogen-bond donors (Lipinski definition) is 1. The number of benzene rings is 1. The van der Waals surface area contributed by atoms with Crippen LogP contribution >= 0.6 is 0 Å². The van der Waals surface area contributed by atoms with Crippen LogP contribution in [0.5, 0.6) is 0 Å². The first-order valence-corrected chi connectivity index (χ1v) is 8.38.